The van der Waals surface area contributed by atoms with Gasteiger partial charge in [0, 0.05) is 42.3 Å². The van der Waals surface area contributed by atoms with Gasteiger partial charge in [0.05, 0.1) is 5.69 Å². The molecule has 2 aromatic heterocycles. The first-order chi connectivity index (χ1) is 24.3. The zero-order valence-electron chi connectivity index (χ0n) is 26.5. The van der Waals surface area contributed by atoms with Crippen LogP contribution in [0.2, 0.25) is 0 Å². The van der Waals surface area contributed by atoms with Crippen LogP contribution in [-0.4, -0.2) is 0 Å². The van der Waals surface area contributed by atoms with Gasteiger partial charge in [-0.3, -0.25) is 0 Å². The Morgan fingerprint density at radius 3 is 2.00 bits per heavy atom. The number of para-hydroxylation sites is 2. The topological polar surface area (TPSA) is 16.4 Å². The van der Waals surface area contributed by atoms with Gasteiger partial charge in [0.25, 0.3) is 0 Å². The Morgan fingerprint density at radius 1 is 0.408 bits per heavy atom. The molecule has 0 N–H and O–H groups in total. The molecule has 230 valence electrons. The number of hydrogen-bond acceptors (Lipinski definition) is 3. The molecule has 0 unspecified atom stereocenters. The fourth-order valence-electron chi connectivity index (χ4n) is 7.33. The Kier molecular flexibility index (Phi) is 6.39. The van der Waals surface area contributed by atoms with Crippen LogP contribution in [0.15, 0.2) is 180 Å². The van der Waals surface area contributed by atoms with Crippen LogP contribution in [0.25, 0.3) is 75.1 Å². The molecule has 8 aromatic carbocycles. The van der Waals surface area contributed by atoms with E-state index in [4.69, 9.17) is 4.42 Å². The Bertz CT molecular complexity index is 2840. The van der Waals surface area contributed by atoms with Crippen LogP contribution in [0.4, 0.5) is 17.1 Å². The summed E-state index contributed by atoms with van der Waals surface area (Å²) in [5, 5.41) is 7.34. The van der Waals surface area contributed by atoms with Gasteiger partial charge in [-0.25, -0.2) is 0 Å². The second-order valence-corrected chi connectivity index (χ2v) is 13.6. The van der Waals surface area contributed by atoms with Crippen LogP contribution in [0, 0.1) is 0 Å². The average molecular weight is 644 g/mol. The lowest BCUT2D eigenvalue weighted by atomic mass is 9.98. The maximum absolute atomic E-state index is 6.60. The molecule has 0 saturated heterocycles. The zero-order valence-corrected chi connectivity index (χ0v) is 27.3. The van der Waals surface area contributed by atoms with Crippen LogP contribution in [0.3, 0.4) is 0 Å². The van der Waals surface area contributed by atoms with Crippen LogP contribution in [-0.2, 0) is 0 Å². The summed E-state index contributed by atoms with van der Waals surface area (Å²) in [5.41, 5.74) is 9.69. The highest BCUT2D eigenvalue weighted by atomic mass is 32.1. The van der Waals surface area contributed by atoms with E-state index >= 15 is 0 Å². The molecule has 0 aliphatic carbocycles. The van der Waals surface area contributed by atoms with E-state index in [2.05, 4.69) is 169 Å². The standard InChI is InChI=1S/C46H29NOS/c1-2-14-36-30(10-1)11-8-17-37(36)31-22-25-34(26-23-31)47(42-19-9-18-40-38-15-3-5-20-43(38)48-46(40)42)35-13-7-12-32(28-35)33-24-27-45-41(29-33)39-16-4-6-21-44(39)49-45/h1-29H. The lowest BCUT2D eigenvalue weighted by Gasteiger charge is -2.26. The van der Waals surface area contributed by atoms with E-state index in [1.165, 1.54) is 53.2 Å². The van der Waals surface area contributed by atoms with E-state index in [9.17, 15) is 0 Å². The highest BCUT2D eigenvalue weighted by Crippen LogP contribution is 2.44. The third kappa shape index (κ3) is 4.62. The minimum atomic E-state index is 0.874. The lowest BCUT2D eigenvalue weighted by molar-refractivity contribution is 0.669. The summed E-state index contributed by atoms with van der Waals surface area (Å²) >= 11 is 1.85. The number of furan rings is 1. The van der Waals surface area contributed by atoms with Crippen LogP contribution < -0.4 is 4.90 Å². The van der Waals surface area contributed by atoms with Crippen molar-refractivity contribution in [3.05, 3.63) is 176 Å². The molecule has 2 heterocycles. The average Bonchev–Trinajstić information content (AvgIpc) is 3.74. The number of fused-ring (bicyclic) bond motifs is 7. The number of rotatable bonds is 5. The Morgan fingerprint density at radius 2 is 1.08 bits per heavy atom. The van der Waals surface area contributed by atoms with Crippen LogP contribution >= 0.6 is 11.3 Å². The summed E-state index contributed by atoms with van der Waals surface area (Å²) in [5.74, 6) is 0. The third-order valence-electron chi connectivity index (χ3n) is 9.66. The van der Waals surface area contributed by atoms with Crippen molar-refractivity contribution < 1.29 is 4.42 Å². The highest BCUT2D eigenvalue weighted by Gasteiger charge is 2.20. The lowest BCUT2D eigenvalue weighted by Crippen LogP contribution is -2.10. The van der Waals surface area contributed by atoms with Crippen molar-refractivity contribution >= 4 is 81.3 Å². The summed E-state index contributed by atoms with van der Waals surface area (Å²) < 4.78 is 9.23. The predicted octanol–water partition coefficient (Wildman–Crippen LogP) is 13.9. The van der Waals surface area contributed by atoms with Gasteiger partial charge in [0.2, 0.25) is 0 Å². The van der Waals surface area contributed by atoms with E-state index in [0.717, 1.165) is 39.0 Å². The highest BCUT2D eigenvalue weighted by molar-refractivity contribution is 7.25. The predicted molar refractivity (Wildman–Crippen MR) is 210 cm³/mol. The number of thiophene rings is 1. The normalized spacial score (nSPS) is 11.7. The number of nitrogens with zero attached hydrogens (tertiary/aromatic N) is 1. The monoisotopic (exact) mass is 643 g/mol. The number of hydrogen-bond donors (Lipinski definition) is 0. The second kappa shape index (κ2) is 11.2. The van der Waals surface area contributed by atoms with Crippen molar-refractivity contribution in [1.29, 1.82) is 0 Å². The minimum absolute atomic E-state index is 0.874. The molecule has 10 rings (SSSR count). The van der Waals surface area contributed by atoms with Crippen molar-refractivity contribution in [2.45, 2.75) is 0 Å². The Balaban J connectivity index is 1.15. The maximum atomic E-state index is 6.60. The largest absolute Gasteiger partial charge is 0.454 e. The number of anilines is 3. The van der Waals surface area contributed by atoms with Gasteiger partial charge in [0.1, 0.15) is 5.58 Å². The molecule has 0 saturated carbocycles. The van der Waals surface area contributed by atoms with Crippen molar-refractivity contribution in [3.63, 3.8) is 0 Å². The van der Waals surface area contributed by atoms with Crippen molar-refractivity contribution in [2.75, 3.05) is 4.90 Å². The minimum Gasteiger partial charge on any atom is -0.454 e. The van der Waals surface area contributed by atoms with Gasteiger partial charge < -0.3 is 9.32 Å². The van der Waals surface area contributed by atoms with Crippen molar-refractivity contribution in [1.82, 2.24) is 0 Å². The molecule has 10 aromatic rings. The smallest absolute Gasteiger partial charge is 0.159 e. The van der Waals surface area contributed by atoms with E-state index in [-0.39, 0.29) is 0 Å². The van der Waals surface area contributed by atoms with Gasteiger partial charge in [-0.1, -0.05) is 121 Å². The first-order valence-electron chi connectivity index (χ1n) is 16.6. The molecule has 0 aliphatic heterocycles. The van der Waals surface area contributed by atoms with E-state index in [1.807, 2.05) is 23.5 Å². The van der Waals surface area contributed by atoms with Crippen molar-refractivity contribution in [2.24, 2.45) is 0 Å². The third-order valence-corrected chi connectivity index (χ3v) is 10.8. The molecule has 0 atom stereocenters. The van der Waals surface area contributed by atoms with Gasteiger partial charge in [-0.2, -0.15) is 0 Å². The van der Waals surface area contributed by atoms with Gasteiger partial charge >= 0.3 is 0 Å². The first-order valence-corrected chi connectivity index (χ1v) is 17.4. The molecule has 49 heavy (non-hydrogen) atoms. The SMILES string of the molecule is c1cc(-c2ccc3sc4ccccc4c3c2)cc(N(c2ccc(-c3cccc4ccccc34)cc2)c2cccc3c2oc2ccccc23)c1. The fourth-order valence-corrected chi connectivity index (χ4v) is 8.42. The summed E-state index contributed by atoms with van der Waals surface area (Å²) in [6.45, 7) is 0. The fraction of sp³-hybridized carbons (Fsp3) is 0. The summed E-state index contributed by atoms with van der Waals surface area (Å²) in [7, 11) is 0. The second-order valence-electron chi connectivity index (χ2n) is 12.5. The van der Waals surface area contributed by atoms with Gasteiger partial charge in [-0.15, -0.1) is 11.3 Å². The van der Waals surface area contributed by atoms with E-state index in [1.54, 1.807) is 0 Å². The van der Waals surface area contributed by atoms with Crippen LogP contribution in [0.5, 0.6) is 0 Å². The van der Waals surface area contributed by atoms with Gasteiger partial charge in [-0.05, 0) is 87.6 Å². The van der Waals surface area contributed by atoms with Gasteiger partial charge in [0.15, 0.2) is 5.58 Å². The molecule has 0 aliphatic rings. The number of benzene rings is 8. The molecule has 3 heteroatoms. The zero-order chi connectivity index (χ0) is 32.3. The van der Waals surface area contributed by atoms with E-state index < -0.39 is 0 Å². The summed E-state index contributed by atoms with van der Waals surface area (Å²) in [4.78, 5) is 2.33. The summed E-state index contributed by atoms with van der Waals surface area (Å²) in [6.07, 6.45) is 0. The molecule has 0 spiro atoms. The Labute approximate surface area is 287 Å². The van der Waals surface area contributed by atoms with Crippen molar-refractivity contribution in [3.8, 4) is 22.3 Å². The molecule has 0 bridgehead atoms. The first kappa shape index (κ1) is 27.9. The Hall–Kier alpha value is -6.16. The molecular weight excluding hydrogens is 615 g/mol. The maximum Gasteiger partial charge on any atom is 0.159 e. The molecule has 0 fully saturated rings. The summed E-state index contributed by atoms with van der Waals surface area (Å²) in [6, 6.07) is 63.2. The molecule has 2 nitrogen and oxygen atoms in total. The molecule has 0 amide bonds. The molecular formula is C46H29NOS. The quantitative estimate of drug-likeness (QED) is 0.186. The van der Waals surface area contributed by atoms with E-state index in [0.29, 0.717) is 0 Å². The molecule has 0 radical (unpaired) electrons. The van der Waals surface area contributed by atoms with Crippen LogP contribution in [0.1, 0.15) is 0 Å².